The summed E-state index contributed by atoms with van der Waals surface area (Å²) >= 11 is 5.84. The molecule has 0 fully saturated rings. The molecule has 3 aromatic rings. The van der Waals surface area contributed by atoms with Gasteiger partial charge in [0, 0.05) is 36.5 Å². The first-order valence-corrected chi connectivity index (χ1v) is 10.8. The van der Waals surface area contributed by atoms with Crippen LogP contribution in [0.1, 0.15) is 30.4 Å². The third kappa shape index (κ3) is 7.05. The third-order valence-electron chi connectivity index (χ3n) is 4.93. The Morgan fingerprint density at radius 3 is 2.53 bits per heavy atom. The SMILES string of the molecule is CCN(CC(=O)NCc1ccc(Cl)cc1)C(=O)CCc1nnc(-c2cccc(C(F)(F)F)c2)o1. The van der Waals surface area contributed by atoms with Crippen LogP contribution in [0.4, 0.5) is 13.2 Å². The van der Waals surface area contributed by atoms with Crippen molar-refractivity contribution in [1.82, 2.24) is 20.4 Å². The summed E-state index contributed by atoms with van der Waals surface area (Å²) in [6.07, 6.45) is -4.40. The standard InChI is InChI=1S/C23H22ClF3N4O3/c1-2-31(14-19(32)28-13-15-6-8-18(24)9-7-15)21(33)11-10-20-29-30-22(34-20)16-4-3-5-17(12-16)23(25,26)27/h3-9,12H,2,10-11,13-14H2,1H3,(H,28,32). The molecule has 0 atom stereocenters. The minimum Gasteiger partial charge on any atom is -0.421 e. The van der Waals surface area contributed by atoms with Crippen LogP contribution in [-0.2, 0) is 28.7 Å². The highest BCUT2D eigenvalue weighted by atomic mass is 35.5. The van der Waals surface area contributed by atoms with E-state index in [0.717, 1.165) is 17.7 Å². The quantitative estimate of drug-likeness (QED) is 0.473. The predicted octanol–water partition coefficient (Wildman–Crippen LogP) is 4.51. The van der Waals surface area contributed by atoms with Crippen molar-refractivity contribution in [2.75, 3.05) is 13.1 Å². The van der Waals surface area contributed by atoms with Crippen LogP contribution in [0.2, 0.25) is 5.02 Å². The van der Waals surface area contributed by atoms with Gasteiger partial charge in [-0.3, -0.25) is 9.59 Å². The highest BCUT2D eigenvalue weighted by molar-refractivity contribution is 6.30. The third-order valence-corrected chi connectivity index (χ3v) is 5.18. The molecule has 180 valence electrons. The van der Waals surface area contributed by atoms with Crippen molar-refractivity contribution in [3.05, 3.63) is 70.6 Å². The highest BCUT2D eigenvalue weighted by Gasteiger charge is 2.31. The van der Waals surface area contributed by atoms with Crippen molar-refractivity contribution in [2.24, 2.45) is 0 Å². The molecular weight excluding hydrogens is 473 g/mol. The predicted molar refractivity (Wildman–Crippen MR) is 119 cm³/mol. The molecule has 11 heteroatoms. The van der Waals surface area contributed by atoms with Gasteiger partial charge in [0.25, 0.3) is 0 Å². The number of likely N-dealkylation sites (N-methyl/N-ethyl adjacent to an activating group) is 1. The zero-order valence-electron chi connectivity index (χ0n) is 18.2. The van der Waals surface area contributed by atoms with Crippen molar-refractivity contribution in [2.45, 2.75) is 32.5 Å². The van der Waals surface area contributed by atoms with E-state index in [0.29, 0.717) is 18.1 Å². The summed E-state index contributed by atoms with van der Waals surface area (Å²) in [7, 11) is 0. The number of benzene rings is 2. The molecule has 7 nitrogen and oxygen atoms in total. The van der Waals surface area contributed by atoms with Gasteiger partial charge in [-0.05, 0) is 42.8 Å². The van der Waals surface area contributed by atoms with Gasteiger partial charge in [0.1, 0.15) is 0 Å². The van der Waals surface area contributed by atoms with Gasteiger partial charge in [-0.25, -0.2) is 0 Å². The van der Waals surface area contributed by atoms with Crippen molar-refractivity contribution < 1.29 is 27.2 Å². The fourth-order valence-electron chi connectivity index (χ4n) is 3.08. The minimum atomic E-state index is -4.49. The Morgan fingerprint density at radius 2 is 1.85 bits per heavy atom. The van der Waals surface area contributed by atoms with Crippen LogP contribution in [0, 0.1) is 0 Å². The number of alkyl halides is 3. The van der Waals surface area contributed by atoms with Crippen molar-refractivity contribution >= 4 is 23.4 Å². The lowest BCUT2D eigenvalue weighted by Gasteiger charge is -2.20. The maximum Gasteiger partial charge on any atom is 0.416 e. The molecule has 34 heavy (non-hydrogen) atoms. The van der Waals surface area contributed by atoms with E-state index in [1.165, 1.54) is 17.0 Å². The van der Waals surface area contributed by atoms with E-state index < -0.39 is 11.7 Å². The molecule has 1 aromatic heterocycles. The zero-order chi connectivity index (χ0) is 24.7. The van der Waals surface area contributed by atoms with Crippen molar-refractivity contribution in [3.8, 4) is 11.5 Å². The Balaban J connectivity index is 1.51. The van der Waals surface area contributed by atoms with Gasteiger partial charge in [0.2, 0.25) is 23.6 Å². The average molecular weight is 495 g/mol. The number of hydrogen-bond donors (Lipinski definition) is 1. The number of rotatable bonds is 9. The Hall–Kier alpha value is -3.40. The molecule has 0 saturated heterocycles. The summed E-state index contributed by atoms with van der Waals surface area (Å²) < 4.78 is 44.1. The van der Waals surface area contributed by atoms with Crippen LogP contribution in [0.3, 0.4) is 0 Å². The van der Waals surface area contributed by atoms with Crippen molar-refractivity contribution in [3.63, 3.8) is 0 Å². The fraction of sp³-hybridized carbons (Fsp3) is 0.304. The van der Waals surface area contributed by atoms with Crippen LogP contribution in [0.15, 0.2) is 52.9 Å². The number of carbonyl (C=O) groups excluding carboxylic acids is 2. The summed E-state index contributed by atoms with van der Waals surface area (Å²) in [6, 6.07) is 11.6. The first-order chi connectivity index (χ1) is 16.2. The highest BCUT2D eigenvalue weighted by Crippen LogP contribution is 2.31. The van der Waals surface area contributed by atoms with E-state index in [-0.39, 0.29) is 48.5 Å². The molecule has 0 radical (unpaired) electrons. The number of carbonyl (C=O) groups is 2. The van der Waals surface area contributed by atoms with Crippen LogP contribution in [-0.4, -0.2) is 40.0 Å². The van der Waals surface area contributed by atoms with Gasteiger partial charge in [0.05, 0.1) is 12.1 Å². The number of nitrogens with zero attached hydrogens (tertiary/aromatic N) is 3. The van der Waals surface area contributed by atoms with E-state index in [2.05, 4.69) is 15.5 Å². The number of aryl methyl sites for hydroxylation is 1. The second-order valence-corrected chi connectivity index (χ2v) is 7.83. The molecule has 3 rings (SSSR count). The van der Waals surface area contributed by atoms with E-state index in [9.17, 15) is 22.8 Å². The molecule has 0 aliphatic heterocycles. The van der Waals surface area contributed by atoms with Gasteiger partial charge in [0.15, 0.2) is 0 Å². The molecule has 0 aliphatic rings. The number of nitrogens with one attached hydrogen (secondary N) is 1. The minimum absolute atomic E-state index is 0.00251. The maximum atomic E-state index is 12.9. The summed E-state index contributed by atoms with van der Waals surface area (Å²) in [4.78, 5) is 26.2. The molecule has 2 aromatic carbocycles. The molecule has 0 unspecified atom stereocenters. The van der Waals surface area contributed by atoms with Gasteiger partial charge >= 0.3 is 6.18 Å². The molecule has 1 heterocycles. The van der Waals surface area contributed by atoms with Crippen LogP contribution in [0.5, 0.6) is 0 Å². The topological polar surface area (TPSA) is 88.3 Å². The van der Waals surface area contributed by atoms with Crippen LogP contribution < -0.4 is 5.32 Å². The fourth-order valence-corrected chi connectivity index (χ4v) is 3.21. The van der Waals surface area contributed by atoms with E-state index in [4.69, 9.17) is 16.0 Å². The van der Waals surface area contributed by atoms with E-state index in [1.54, 1.807) is 31.2 Å². The Labute approximate surface area is 198 Å². The zero-order valence-corrected chi connectivity index (χ0v) is 19.0. The Kier molecular flexibility index (Phi) is 8.27. The smallest absolute Gasteiger partial charge is 0.416 e. The molecular formula is C23H22ClF3N4O3. The summed E-state index contributed by atoms with van der Waals surface area (Å²) in [5.74, 6) is -0.552. The van der Waals surface area contributed by atoms with Gasteiger partial charge < -0.3 is 14.6 Å². The molecule has 0 saturated carbocycles. The van der Waals surface area contributed by atoms with Crippen LogP contribution in [0.25, 0.3) is 11.5 Å². The van der Waals surface area contributed by atoms with Crippen molar-refractivity contribution in [1.29, 1.82) is 0 Å². The second-order valence-electron chi connectivity index (χ2n) is 7.39. The average Bonchev–Trinajstić information content (AvgIpc) is 3.29. The number of halogens is 4. The maximum absolute atomic E-state index is 12.9. The molecule has 1 N–H and O–H groups in total. The molecule has 0 spiro atoms. The lowest BCUT2D eigenvalue weighted by atomic mass is 10.1. The van der Waals surface area contributed by atoms with Crippen LogP contribution >= 0.6 is 11.6 Å². The normalized spacial score (nSPS) is 11.3. The summed E-state index contributed by atoms with van der Waals surface area (Å²) in [6.45, 7) is 2.28. The monoisotopic (exact) mass is 494 g/mol. The number of amides is 2. The summed E-state index contributed by atoms with van der Waals surface area (Å²) in [5.41, 5.74) is 0.181. The van der Waals surface area contributed by atoms with E-state index in [1.807, 2.05) is 0 Å². The lowest BCUT2D eigenvalue weighted by molar-refractivity contribution is -0.137. The molecule has 0 bridgehead atoms. The Bertz CT molecular complexity index is 1130. The molecule has 0 aliphatic carbocycles. The first kappa shape index (κ1) is 25.2. The number of aromatic nitrogens is 2. The summed E-state index contributed by atoms with van der Waals surface area (Å²) in [5, 5.41) is 10.9. The van der Waals surface area contributed by atoms with Gasteiger partial charge in [-0.1, -0.05) is 29.8 Å². The molecule has 2 amide bonds. The Morgan fingerprint density at radius 1 is 1.12 bits per heavy atom. The number of hydrogen-bond acceptors (Lipinski definition) is 5. The lowest BCUT2D eigenvalue weighted by Crippen LogP contribution is -2.40. The van der Waals surface area contributed by atoms with Gasteiger partial charge in [-0.15, -0.1) is 10.2 Å². The first-order valence-electron chi connectivity index (χ1n) is 10.4. The largest absolute Gasteiger partial charge is 0.421 e. The second kappa shape index (κ2) is 11.1. The van der Waals surface area contributed by atoms with Gasteiger partial charge in [-0.2, -0.15) is 13.2 Å². The van der Waals surface area contributed by atoms with E-state index >= 15 is 0 Å².